The standard InChI is InChI=1S/C15H19NO2S/c1-5-18-14(17)12-6-9-7-13(19)10(15(2,3)4)8-11(9)16-12/h6-8,16,19H,5H2,1-4H3. The Morgan fingerprint density at radius 3 is 2.58 bits per heavy atom. The van der Waals surface area contributed by atoms with Gasteiger partial charge in [-0.05, 0) is 36.1 Å². The molecule has 0 spiro atoms. The number of aromatic nitrogens is 1. The Kier molecular flexibility index (Phi) is 3.63. The summed E-state index contributed by atoms with van der Waals surface area (Å²) in [7, 11) is 0. The van der Waals surface area contributed by atoms with Gasteiger partial charge in [0.15, 0.2) is 0 Å². The lowest BCUT2D eigenvalue weighted by atomic mass is 9.86. The second-order valence-electron chi connectivity index (χ2n) is 5.61. The highest BCUT2D eigenvalue weighted by molar-refractivity contribution is 7.80. The van der Waals surface area contributed by atoms with Crippen molar-refractivity contribution in [3.63, 3.8) is 0 Å². The maximum absolute atomic E-state index is 11.7. The lowest BCUT2D eigenvalue weighted by molar-refractivity contribution is 0.0520. The number of H-pyrrole nitrogens is 1. The Bertz CT molecular complexity index is 623. The Morgan fingerprint density at radius 2 is 2.00 bits per heavy atom. The molecular weight excluding hydrogens is 258 g/mol. The monoisotopic (exact) mass is 277 g/mol. The van der Waals surface area contributed by atoms with Gasteiger partial charge >= 0.3 is 5.97 Å². The van der Waals surface area contributed by atoms with Crippen LogP contribution in [0.5, 0.6) is 0 Å². The van der Waals surface area contributed by atoms with Crippen LogP contribution in [0.3, 0.4) is 0 Å². The Morgan fingerprint density at radius 1 is 1.32 bits per heavy atom. The molecule has 0 saturated heterocycles. The molecule has 2 rings (SSSR count). The van der Waals surface area contributed by atoms with Crippen molar-refractivity contribution in [2.75, 3.05) is 6.61 Å². The fraction of sp³-hybridized carbons (Fsp3) is 0.400. The molecule has 0 aliphatic rings. The topological polar surface area (TPSA) is 42.1 Å². The number of thiol groups is 1. The minimum atomic E-state index is -0.322. The van der Waals surface area contributed by atoms with Crippen molar-refractivity contribution in [2.24, 2.45) is 0 Å². The van der Waals surface area contributed by atoms with Crippen molar-refractivity contribution in [1.29, 1.82) is 0 Å². The van der Waals surface area contributed by atoms with Crippen molar-refractivity contribution >= 4 is 29.5 Å². The summed E-state index contributed by atoms with van der Waals surface area (Å²) in [4.78, 5) is 15.8. The maximum Gasteiger partial charge on any atom is 0.354 e. The number of aromatic amines is 1. The molecule has 1 heterocycles. The van der Waals surface area contributed by atoms with E-state index in [1.54, 1.807) is 13.0 Å². The molecule has 102 valence electrons. The molecule has 0 bridgehead atoms. The molecule has 0 unspecified atom stereocenters. The van der Waals surface area contributed by atoms with E-state index in [4.69, 9.17) is 4.74 Å². The van der Waals surface area contributed by atoms with Gasteiger partial charge in [0.2, 0.25) is 0 Å². The van der Waals surface area contributed by atoms with Crippen LogP contribution < -0.4 is 0 Å². The van der Waals surface area contributed by atoms with Crippen LogP contribution in [0.2, 0.25) is 0 Å². The van der Waals surface area contributed by atoms with Gasteiger partial charge in [0.05, 0.1) is 6.61 Å². The zero-order valence-electron chi connectivity index (χ0n) is 11.7. The van der Waals surface area contributed by atoms with E-state index in [0.29, 0.717) is 12.3 Å². The number of rotatable bonds is 2. The number of carbonyl (C=O) groups is 1. The molecule has 0 atom stereocenters. The van der Waals surface area contributed by atoms with E-state index in [1.807, 2.05) is 6.07 Å². The van der Waals surface area contributed by atoms with Crippen LogP contribution in [0.25, 0.3) is 10.9 Å². The third kappa shape index (κ3) is 2.78. The summed E-state index contributed by atoms with van der Waals surface area (Å²) in [5.41, 5.74) is 2.59. The molecule has 4 heteroatoms. The van der Waals surface area contributed by atoms with E-state index in [9.17, 15) is 4.79 Å². The van der Waals surface area contributed by atoms with Crippen LogP contribution in [-0.2, 0) is 10.2 Å². The quantitative estimate of drug-likeness (QED) is 0.645. The molecule has 0 aliphatic carbocycles. The second-order valence-corrected chi connectivity index (χ2v) is 6.09. The minimum Gasteiger partial charge on any atom is -0.461 e. The van der Waals surface area contributed by atoms with Crippen LogP contribution in [0.15, 0.2) is 23.1 Å². The van der Waals surface area contributed by atoms with Gasteiger partial charge in [-0.2, -0.15) is 0 Å². The summed E-state index contributed by atoms with van der Waals surface area (Å²) in [5, 5.41) is 0.973. The van der Waals surface area contributed by atoms with Crippen LogP contribution in [0.1, 0.15) is 43.7 Å². The number of nitrogens with one attached hydrogen (secondary N) is 1. The molecule has 19 heavy (non-hydrogen) atoms. The van der Waals surface area contributed by atoms with E-state index < -0.39 is 0 Å². The van der Waals surface area contributed by atoms with Crippen LogP contribution in [0.4, 0.5) is 0 Å². The normalized spacial score (nSPS) is 11.8. The number of ether oxygens (including phenoxy) is 1. The van der Waals surface area contributed by atoms with Crippen molar-refractivity contribution < 1.29 is 9.53 Å². The zero-order valence-corrected chi connectivity index (χ0v) is 12.6. The van der Waals surface area contributed by atoms with Gasteiger partial charge in [-0.25, -0.2) is 4.79 Å². The second kappa shape index (κ2) is 4.93. The van der Waals surface area contributed by atoms with Gasteiger partial charge in [0.1, 0.15) is 5.69 Å². The molecule has 0 amide bonds. The van der Waals surface area contributed by atoms with Gasteiger partial charge in [-0.1, -0.05) is 20.8 Å². The molecule has 0 aliphatic heterocycles. The van der Waals surface area contributed by atoms with Crippen molar-refractivity contribution in [2.45, 2.75) is 38.0 Å². The van der Waals surface area contributed by atoms with Crippen LogP contribution >= 0.6 is 12.6 Å². The van der Waals surface area contributed by atoms with E-state index in [-0.39, 0.29) is 11.4 Å². The molecular formula is C15H19NO2S. The van der Waals surface area contributed by atoms with E-state index in [0.717, 1.165) is 21.4 Å². The first-order valence-electron chi connectivity index (χ1n) is 6.36. The lowest BCUT2D eigenvalue weighted by Gasteiger charge is -2.21. The fourth-order valence-electron chi connectivity index (χ4n) is 2.09. The average molecular weight is 277 g/mol. The molecule has 1 aromatic carbocycles. The zero-order chi connectivity index (χ0) is 14.2. The largest absolute Gasteiger partial charge is 0.461 e. The van der Waals surface area contributed by atoms with Crippen LogP contribution in [-0.4, -0.2) is 17.6 Å². The highest BCUT2D eigenvalue weighted by atomic mass is 32.1. The van der Waals surface area contributed by atoms with Gasteiger partial charge in [-0.15, -0.1) is 12.6 Å². The molecule has 2 aromatic rings. The number of hydrogen-bond donors (Lipinski definition) is 2. The molecule has 0 fully saturated rings. The third-order valence-electron chi connectivity index (χ3n) is 3.04. The SMILES string of the molecule is CCOC(=O)c1cc2cc(S)c(C(C)(C)C)cc2[nH]1. The molecule has 1 N–H and O–H groups in total. The van der Waals surface area contributed by atoms with E-state index in [2.05, 4.69) is 44.5 Å². The summed E-state index contributed by atoms with van der Waals surface area (Å²) >= 11 is 4.54. The fourth-order valence-corrected chi connectivity index (χ4v) is 2.63. The Balaban J connectivity index is 2.52. The van der Waals surface area contributed by atoms with Gasteiger partial charge in [-0.3, -0.25) is 0 Å². The number of esters is 1. The van der Waals surface area contributed by atoms with Crippen molar-refractivity contribution in [3.8, 4) is 0 Å². The van der Waals surface area contributed by atoms with Crippen LogP contribution in [0, 0.1) is 0 Å². The smallest absolute Gasteiger partial charge is 0.354 e. The predicted octanol–water partition coefficient (Wildman–Crippen LogP) is 3.93. The number of fused-ring (bicyclic) bond motifs is 1. The highest BCUT2D eigenvalue weighted by Crippen LogP contribution is 2.32. The van der Waals surface area contributed by atoms with Gasteiger partial charge in [0.25, 0.3) is 0 Å². The summed E-state index contributed by atoms with van der Waals surface area (Å²) in [6, 6.07) is 5.85. The number of benzene rings is 1. The van der Waals surface area contributed by atoms with Gasteiger partial charge < -0.3 is 9.72 Å². The minimum absolute atomic E-state index is 0.0144. The Labute approximate surface area is 118 Å². The van der Waals surface area contributed by atoms with E-state index >= 15 is 0 Å². The summed E-state index contributed by atoms with van der Waals surface area (Å²) in [5.74, 6) is -0.322. The summed E-state index contributed by atoms with van der Waals surface area (Å²) in [6.45, 7) is 8.60. The average Bonchev–Trinajstić information content (AvgIpc) is 2.69. The first kappa shape index (κ1) is 14.0. The highest BCUT2D eigenvalue weighted by Gasteiger charge is 2.19. The summed E-state index contributed by atoms with van der Waals surface area (Å²) < 4.78 is 5.00. The molecule has 3 nitrogen and oxygen atoms in total. The van der Waals surface area contributed by atoms with Crippen molar-refractivity contribution in [1.82, 2.24) is 4.98 Å². The van der Waals surface area contributed by atoms with E-state index in [1.165, 1.54) is 0 Å². The third-order valence-corrected chi connectivity index (χ3v) is 3.41. The lowest BCUT2D eigenvalue weighted by Crippen LogP contribution is -2.11. The molecule has 0 radical (unpaired) electrons. The molecule has 1 aromatic heterocycles. The first-order valence-corrected chi connectivity index (χ1v) is 6.81. The summed E-state index contributed by atoms with van der Waals surface area (Å²) in [6.07, 6.45) is 0. The maximum atomic E-state index is 11.7. The van der Waals surface area contributed by atoms with Gasteiger partial charge in [0, 0.05) is 15.8 Å². The first-order chi connectivity index (χ1) is 8.82. The molecule has 0 saturated carbocycles. The number of hydrogen-bond acceptors (Lipinski definition) is 3. The predicted molar refractivity (Wildman–Crippen MR) is 80.2 cm³/mol. The Hall–Kier alpha value is -1.42. The van der Waals surface area contributed by atoms with Crippen molar-refractivity contribution in [3.05, 3.63) is 29.5 Å². The number of carbonyl (C=O) groups excluding carboxylic acids is 1.